The summed E-state index contributed by atoms with van der Waals surface area (Å²) in [6, 6.07) is 2.03. The van der Waals surface area contributed by atoms with Gasteiger partial charge in [0.05, 0.1) is 31.4 Å². The SMILES string of the molecule is CC(C)(C)[C@@]1(O)COCc2c1oc(=O)c1sc(N3CCOCC3)cc21. The molecule has 1 saturated heterocycles. The minimum absolute atomic E-state index is 0.123. The van der Waals surface area contributed by atoms with Crippen LogP contribution in [0.4, 0.5) is 5.00 Å². The predicted octanol–water partition coefficient (Wildman–Crippen LogP) is 2.46. The normalized spacial score (nSPS) is 24.6. The Morgan fingerprint density at radius 1 is 1.24 bits per heavy atom. The maximum Gasteiger partial charge on any atom is 0.354 e. The third-order valence-electron chi connectivity index (χ3n) is 5.19. The minimum Gasteiger partial charge on any atom is -0.423 e. The van der Waals surface area contributed by atoms with E-state index >= 15 is 0 Å². The average molecular weight is 365 g/mol. The lowest BCUT2D eigenvalue weighted by molar-refractivity contribution is -0.151. The van der Waals surface area contributed by atoms with Crippen molar-refractivity contribution in [2.45, 2.75) is 33.0 Å². The summed E-state index contributed by atoms with van der Waals surface area (Å²) in [5.74, 6) is 0.357. The highest BCUT2D eigenvalue weighted by atomic mass is 32.1. The molecule has 1 N–H and O–H groups in total. The van der Waals surface area contributed by atoms with Gasteiger partial charge in [-0.2, -0.15) is 0 Å². The second kappa shape index (κ2) is 5.81. The van der Waals surface area contributed by atoms with Gasteiger partial charge >= 0.3 is 5.63 Å². The van der Waals surface area contributed by atoms with Gasteiger partial charge in [-0.3, -0.25) is 0 Å². The van der Waals surface area contributed by atoms with Crippen LogP contribution in [0.3, 0.4) is 0 Å². The molecule has 25 heavy (non-hydrogen) atoms. The summed E-state index contributed by atoms with van der Waals surface area (Å²) in [6.45, 7) is 9.21. The van der Waals surface area contributed by atoms with E-state index in [9.17, 15) is 9.90 Å². The molecule has 0 aliphatic carbocycles. The van der Waals surface area contributed by atoms with Gasteiger partial charge in [0.15, 0.2) is 5.60 Å². The molecule has 2 aliphatic heterocycles. The molecule has 0 amide bonds. The summed E-state index contributed by atoms with van der Waals surface area (Å²) in [6.07, 6.45) is 0. The molecule has 0 spiro atoms. The van der Waals surface area contributed by atoms with Crippen molar-refractivity contribution in [3.05, 3.63) is 27.8 Å². The van der Waals surface area contributed by atoms with Gasteiger partial charge in [0.1, 0.15) is 10.5 Å². The number of aliphatic hydroxyl groups is 1. The van der Waals surface area contributed by atoms with Crippen molar-refractivity contribution in [2.24, 2.45) is 5.41 Å². The van der Waals surface area contributed by atoms with Crippen LogP contribution in [0.5, 0.6) is 0 Å². The first-order valence-electron chi connectivity index (χ1n) is 8.54. The Kier molecular flexibility index (Phi) is 3.95. The van der Waals surface area contributed by atoms with Crippen LogP contribution in [-0.2, 0) is 21.7 Å². The summed E-state index contributed by atoms with van der Waals surface area (Å²) < 4.78 is 17.3. The molecule has 0 bridgehead atoms. The van der Waals surface area contributed by atoms with Gasteiger partial charge in [0, 0.05) is 29.5 Å². The second-order valence-electron chi connectivity index (χ2n) is 7.73. The van der Waals surface area contributed by atoms with Crippen molar-refractivity contribution >= 4 is 26.4 Å². The van der Waals surface area contributed by atoms with Crippen LogP contribution in [0.2, 0.25) is 0 Å². The molecule has 2 aliphatic rings. The van der Waals surface area contributed by atoms with Crippen LogP contribution in [0.1, 0.15) is 32.1 Å². The third-order valence-corrected chi connectivity index (χ3v) is 6.37. The molecule has 4 heterocycles. The lowest BCUT2D eigenvalue weighted by atomic mass is 9.73. The smallest absolute Gasteiger partial charge is 0.354 e. The zero-order chi connectivity index (χ0) is 17.8. The summed E-state index contributed by atoms with van der Waals surface area (Å²) in [7, 11) is 0. The molecule has 6 nitrogen and oxygen atoms in total. The van der Waals surface area contributed by atoms with Crippen LogP contribution in [0.25, 0.3) is 10.1 Å². The Morgan fingerprint density at radius 3 is 2.64 bits per heavy atom. The van der Waals surface area contributed by atoms with Crippen molar-refractivity contribution in [1.29, 1.82) is 0 Å². The highest BCUT2D eigenvalue weighted by molar-refractivity contribution is 7.22. The monoisotopic (exact) mass is 365 g/mol. The van der Waals surface area contributed by atoms with Crippen LogP contribution >= 0.6 is 11.3 Å². The Labute approximate surface area is 150 Å². The Bertz CT molecular complexity index is 859. The van der Waals surface area contributed by atoms with Gasteiger partial charge < -0.3 is 23.9 Å². The maximum atomic E-state index is 12.6. The molecule has 0 aromatic carbocycles. The predicted molar refractivity (Wildman–Crippen MR) is 96.4 cm³/mol. The highest BCUT2D eigenvalue weighted by Crippen LogP contribution is 2.46. The molecule has 2 aromatic heterocycles. The van der Waals surface area contributed by atoms with E-state index in [2.05, 4.69) is 4.90 Å². The molecule has 0 radical (unpaired) electrons. The van der Waals surface area contributed by atoms with Crippen molar-refractivity contribution in [1.82, 2.24) is 0 Å². The number of hydrogen-bond acceptors (Lipinski definition) is 7. The molecule has 7 heteroatoms. The maximum absolute atomic E-state index is 12.6. The van der Waals surface area contributed by atoms with Crippen LogP contribution in [-0.4, -0.2) is 38.0 Å². The number of rotatable bonds is 1. The fourth-order valence-electron chi connectivity index (χ4n) is 3.42. The third kappa shape index (κ3) is 2.61. The fraction of sp³-hybridized carbons (Fsp3) is 0.611. The van der Waals surface area contributed by atoms with E-state index in [1.807, 2.05) is 26.8 Å². The van der Waals surface area contributed by atoms with Gasteiger partial charge in [-0.25, -0.2) is 4.79 Å². The molecule has 0 unspecified atom stereocenters. The van der Waals surface area contributed by atoms with E-state index in [0.29, 0.717) is 30.3 Å². The number of morpholine rings is 1. The van der Waals surface area contributed by atoms with E-state index in [4.69, 9.17) is 13.9 Å². The van der Waals surface area contributed by atoms with Crippen molar-refractivity contribution in [3.8, 4) is 0 Å². The zero-order valence-corrected chi connectivity index (χ0v) is 15.6. The first-order chi connectivity index (χ1) is 11.8. The summed E-state index contributed by atoms with van der Waals surface area (Å²) in [4.78, 5) is 14.8. The fourth-order valence-corrected chi connectivity index (χ4v) is 4.53. The standard InChI is InChI=1S/C18H23NO5S/c1-17(2,3)18(21)10-23-9-12-11-8-13(19-4-6-22-7-5-19)25-14(11)16(20)24-15(12)18/h8,21H,4-7,9-10H2,1-3H3/t18-/m1/s1. The molecule has 2 aromatic rings. The topological polar surface area (TPSA) is 72.1 Å². The lowest BCUT2D eigenvalue weighted by Crippen LogP contribution is -2.47. The molecule has 1 fully saturated rings. The van der Waals surface area contributed by atoms with Gasteiger partial charge in [0.25, 0.3) is 0 Å². The summed E-state index contributed by atoms with van der Waals surface area (Å²) >= 11 is 1.44. The number of fused-ring (bicyclic) bond motifs is 3. The first-order valence-corrected chi connectivity index (χ1v) is 9.36. The van der Waals surface area contributed by atoms with Crippen LogP contribution in [0.15, 0.2) is 15.3 Å². The Morgan fingerprint density at radius 2 is 1.96 bits per heavy atom. The zero-order valence-electron chi connectivity index (χ0n) is 14.8. The first kappa shape index (κ1) is 17.0. The average Bonchev–Trinajstić information content (AvgIpc) is 3.02. The number of nitrogens with zero attached hydrogens (tertiary/aromatic N) is 1. The van der Waals surface area contributed by atoms with Crippen molar-refractivity contribution in [3.63, 3.8) is 0 Å². The number of ether oxygens (including phenoxy) is 2. The van der Waals surface area contributed by atoms with E-state index in [1.165, 1.54) is 11.3 Å². The van der Waals surface area contributed by atoms with Crippen molar-refractivity contribution < 1.29 is 19.0 Å². The van der Waals surface area contributed by atoms with Gasteiger partial charge in [0.2, 0.25) is 0 Å². The largest absolute Gasteiger partial charge is 0.423 e. The molecule has 136 valence electrons. The van der Waals surface area contributed by atoms with Gasteiger partial charge in [-0.15, -0.1) is 11.3 Å². The molecule has 0 saturated carbocycles. The number of hydrogen-bond donors (Lipinski definition) is 1. The second-order valence-corrected chi connectivity index (χ2v) is 8.76. The van der Waals surface area contributed by atoms with E-state index < -0.39 is 11.0 Å². The molecular formula is C18H23NO5S. The molecule has 4 rings (SSSR count). The van der Waals surface area contributed by atoms with E-state index in [1.54, 1.807) is 0 Å². The Balaban J connectivity index is 1.90. The minimum atomic E-state index is -1.32. The van der Waals surface area contributed by atoms with Gasteiger partial charge in [-0.05, 0) is 6.07 Å². The number of anilines is 1. The van der Waals surface area contributed by atoms with Crippen LogP contribution in [0, 0.1) is 5.41 Å². The number of thiophene rings is 1. The van der Waals surface area contributed by atoms with Gasteiger partial charge in [-0.1, -0.05) is 20.8 Å². The lowest BCUT2D eigenvalue weighted by Gasteiger charge is -2.42. The van der Waals surface area contributed by atoms with Crippen molar-refractivity contribution in [2.75, 3.05) is 37.8 Å². The van der Waals surface area contributed by atoms with Crippen LogP contribution < -0.4 is 10.5 Å². The van der Waals surface area contributed by atoms with E-state index in [-0.39, 0.29) is 12.2 Å². The van der Waals surface area contributed by atoms with E-state index in [0.717, 1.165) is 29.0 Å². The molecular weight excluding hydrogens is 342 g/mol. The summed E-state index contributed by atoms with van der Waals surface area (Å²) in [5.41, 5.74) is -1.44. The summed E-state index contributed by atoms with van der Waals surface area (Å²) in [5, 5.41) is 13.1. The Hall–Kier alpha value is -1.41. The highest BCUT2D eigenvalue weighted by Gasteiger charge is 2.48. The quantitative estimate of drug-likeness (QED) is 0.837. The molecule has 1 atom stereocenters.